The van der Waals surface area contributed by atoms with E-state index in [4.69, 9.17) is 9.16 Å². The molecule has 0 saturated heterocycles. The van der Waals surface area contributed by atoms with Crippen LogP contribution in [0.25, 0.3) is 0 Å². The van der Waals surface area contributed by atoms with Crippen LogP contribution in [0.5, 0.6) is 0 Å². The molecule has 66 valence electrons. The van der Waals surface area contributed by atoms with Crippen molar-refractivity contribution in [1.29, 1.82) is 0 Å². The molecule has 0 aromatic rings. The van der Waals surface area contributed by atoms with Gasteiger partial charge in [-0.25, -0.2) is 0 Å². The first kappa shape index (κ1) is 10.9. The van der Waals surface area contributed by atoms with Crippen molar-refractivity contribution in [2.24, 2.45) is 0 Å². The van der Waals surface area contributed by atoms with Crippen molar-refractivity contribution in [1.82, 2.24) is 0 Å². The van der Waals surface area contributed by atoms with Crippen LogP contribution < -0.4 is 0 Å². The molecule has 3 heteroatoms. The standard InChI is InChI=1S/C8H18O2Si/c1-7(2)8(9-3)10-11(4,5)6/h8H,1H2,2-6H3. The minimum Gasteiger partial charge on any atom is -0.390 e. The normalized spacial score (nSPS) is 14.6. The molecule has 0 aliphatic carbocycles. The molecular formula is C8H18O2Si. The largest absolute Gasteiger partial charge is 0.390 e. The monoisotopic (exact) mass is 174 g/mol. The van der Waals surface area contributed by atoms with Crippen LogP contribution in [-0.2, 0) is 9.16 Å². The summed E-state index contributed by atoms with van der Waals surface area (Å²) in [5.74, 6) is 0. The van der Waals surface area contributed by atoms with Crippen molar-refractivity contribution in [3.05, 3.63) is 12.2 Å². The Kier molecular flexibility index (Phi) is 4.00. The van der Waals surface area contributed by atoms with Crippen LogP contribution in [0, 0.1) is 0 Å². The van der Waals surface area contributed by atoms with Gasteiger partial charge in [0.05, 0.1) is 0 Å². The topological polar surface area (TPSA) is 18.5 Å². The molecule has 1 unspecified atom stereocenters. The molecule has 11 heavy (non-hydrogen) atoms. The molecule has 0 radical (unpaired) electrons. The van der Waals surface area contributed by atoms with Crippen LogP contribution in [0.2, 0.25) is 19.6 Å². The second kappa shape index (κ2) is 4.04. The highest BCUT2D eigenvalue weighted by Crippen LogP contribution is 2.12. The maximum atomic E-state index is 5.67. The third kappa shape index (κ3) is 5.18. The summed E-state index contributed by atoms with van der Waals surface area (Å²) in [4.78, 5) is 0. The van der Waals surface area contributed by atoms with Gasteiger partial charge in [0, 0.05) is 7.11 Å². The first-order valence-electron chi connectivity index (χ1n) is 3.73. The average molecular weight is 174 g/mol. The summed E-state index contributed by atoms with van der Waals surface area (Å²) in [6.07, 6.45) is -0.221. The number of rotatable bonds is 4. The van der Waals surface area contributed by atoms with E-state index < -0.39 is 8.32 Å². The Hall–Kier alpha value is -0.123. The van der Waals surface area contributed by atoms with Gasteiger partial charge in [0.2, 0.25) is 0 Å². The molecular weight excluding hydrogens is 156 g/mol. The number of hydrogen-bond donors (Lipinski definition) is 0. The van der Waals surface area contributed by atoms with Crippen LogP contribution >= 0.6 is 0 Å². The fourth-order valence-corrected chi connectivity index (χ4v) is 1.61. The van der Waals surface area contributed by atoms with E-state index >= 15 is 0 Å². The Morgan fingerprint density at radius 1 is 1.36 bits per heavy atom. The van der Waals surface area contributed by atoms with Crippen molar-refractivity contribution in [3.63, 3.8) is 0 Å². The molecule has 0 fully saturated rings. The second-order valence-corrected chi connectivity index (χ2v) is 8.10. The average Bonchev–Trinajstić information content (AvgIpc) is 1.80. The van der Waals surface area contributed by atoms with Crippen molar-refractivity contribution < 1.29 is 9.16 Å². The first-order chi connectivity index (χ1) is 4.87. The van der Waals surface area contributed by atoms with Crippen LogP contribution in [0.4, 0.5) is 0 Å². The maximum Gasteiger partial charge on any atom is 0.187 e. The smallest absolute Gasteiger partial charge is 0.187 e. The van der Waals surface area contributed by atoms with Crippen LogP contribution in [-0.4, -0.2) is 21.7 Å². The van der Waals surface area contributed by atoms with Crippen molar-refractivity contribution in [2.45, 2.75) is 32.9 Å². The molecule has 0 amide bonds. The van der Waals surface area contributed by atoms with E-state index in [2.05, 4.69) is 26.2 Å². The fraction of sp³-hybridized carbons (Fsp3) is 0.750. The fourth-order valence-electron chi connectivity index (χ4n) is 0.671. The van der Waals surface area contributed by atoms with Crippen molar-refractivity contribution in [2.75, 3.05) is 7.11 Å². The zero-order chi connectivity index (χ0) is 9.07. The Balaban J connectivity index is 3.99. The van der Waals surface area contributed by atoms with Gasteiger partial charge in [-0.3, -0.25) is 0 Å². The molecule has 0 aromatic carbocycles. The summed E-state index contributed by atoms with van der Waals surface area (Å²) < 4.78 is 10.8. The van der Waals surface area contributed by atoms with E-state index in [0.29, 0.717) is 0 Å². The number of methoxy groups -OCH3 is 1. The minimum absolute atomic E-state index is 0.221. The summed E-state index contributed by atoms with van der Waals surface area (Å²) in [5, 5.41) is 0. The lowest BCUT2D eigenvalue weighted by molar-refractivity contribution is -0.0300. The van der Waals surface area contributed by atoms with Gasteiger partial charge in [0.15, 0.2) is 14.6 Å². The SMILES string of the molecule is C=C(C)C(OC)O[Si](C)(C)C. The van der Waals surface area contributed by atoms with Gasteiger partial charge in [-0.1, -0.05) is 6.58 Å². The molecule has 0 bridgehead atoms. The van der Waals surface area contributed by atoms with E-state index in [1.54, 1.807) is 7.11 Å². The third-order valence-electron chi connectivity index (χ3n) is 1.08. The highest BCUT2D eigenvalue weighted by Gasteiger charge is 2.20. The summed E-state index contributed by atoms with van der Waals surface area (Å²) in [6, 6.07) is 0. The molecule has 2 nitrogen and oxygen atoms in total. The van der Waals surface area contributed by atoms with Gasteiger partial charge >= 0.3 is 0 Å². The molecule has 1 atom stereocenters. The summed E-state index contributed by atoms with van der Waals surface area (Å²) in [5.41, 5.74) is 0.926. The Morgan fingerprint density at radius 2 is 1.82 bits per heavy atom. The molecule has 0 N–H and O–H groups in total. The molecule has 0 aromatic heterocycles. The lowest BCUT2D eigenvalue weighted by Crippen LogP contribution is -2.33. The van der Waals surface area contributed by atoms with Crippen molar-refractivity contribution >= 4 is 8.32 Å². The molecule has 0 saturated carbocycles. The summed E-state index contributed by atoms with van der Waals surface area (Å²) in [7, 11) is 0.149. The van der Waals surface area contributed by atoms with E-state index in [9.17, 15) is 0 Å². The van der Waals surface area contributed by atoms with E-state index in [1.165, 1.54) is 0 Å². The lowest BCUT2D eigenvalue weighted by atomic mass is 10.3. The molecule has 0 aliphatic rings. The van der Waals surface area contributed by atoms with Gasteiger partial charge in [0.25, 0.3) is 0 Å². The second-order valence-electron chi connectivity index (χ2n) is 3.64. The van der Waals surface area contributed by atoms with E-state index in [0.717, 1.165) is 5.57 Å². The van der Waals surface area contributed by atoms with Gasteiger partial charge in [0.1, 0.15) is 0 Å². The Bertz CT molecular complexity index is 138. The highest BCUT2D eigenvalue weighted by molar-refractivity contribution is 6.69. The predicted octanol–water partition coefficient (Wildman–Crippen LogP) is 2.39. The Morgan fingerprint density at radius 3 is 1.91 bits per heavy atom. The predicted molar refractivity (Wildman–Crippen MR) is 50.0 cm³/mol. The van der Waals surface area contributed by atoms with Gasteiger partial charge in [-0.15, -0.1) is 0 Å². The third-order valence-corrected chi connectivity index (χ3v) is 2.00. The number of hydrogen-bond acceptors (Lipinski definition) is 2. The van der Waals surface area contributed by atoms with Crippen LogP contribution in [0.15, 0.2) is 12.2 Å². The quantitative estimate of drug-likeness (QED) is 0.370. The zero-order valence-corrected chi connectivity index (χ0v) is 9.10. The highest BCUT2D eigenvalue weighted by atomic mass is 28.4. The molecule has 0 aliphatic heterocycles. The number of ether oxygens (including phenoxy) is 1. The van der Waals surface area contributed by atoms with E-state index in [1.807, 2.05) is 6.92 Å². The van der Waals surface area contributed by atoms with Gasteiger partial charge < -0.3 is 9.16 Å². The first-order valence-corrected chi connectivity index (χ1v) is 7.13. The zero-order valence-electron chi connectivity index (χ0n) is 8.10. The Labute approximate surface area is 70.3 Å². The molecule has 0 heterocycles. The van der Waals surface area contributed by atoms with E-state index in [-0.39, 0.29) is 6.29 Å². The van der Waals surface area contributed by atoms with Gasteiger partial charge in [-0.2, -0.15) is 0 Å². The molecule has 0 spiro atoms. The van der Waals surface area contributed by atoms with Gasteiger partial charge in [-0.05, 0) is 32.1 Å². The maximum absolute atomic E-state index is 5.67. The van der Waals surface area contributed by atoms with Crippen LogP contribution in [0.1, 0.15) is 6.92 Å². The summed E-state index contributed by atoms with van der Waals surface area (Å²) in [6.45, 7) is 12.1. The lowest BCUT2D eigenvalue weighted by Gasteiger charge is -2.25. The molecule has 0 rings (SSSR count). The van der Waals surface area contributed by atoms with Crippen molar-refractivity contribution in [3.8, 4) is 0 Å². The van der Waals surface area contributed by atoms with Crippen LogP contribution in [0.3, 0.4) is 0 Å². The summed E-state index contributed by atoms with van der Waals surface area (Å²) >= 11 is 0. The minimum atomic E-state index is -1.49.